The first-order valence-corrected chi connectivity index (χ1v) is 8.27. The highest BCUT2D eigenvalue weighted by molar-refractivity contribution is 6.37. The van der Waals surface area contributed by atoms with E-state index in [1.165, 1.54) is 10.8 Å². The summed E-state index contributed by atoms with van der Waals surface area (Å²) in [5, 5.41) is 6.93. The summed E-state index contributed by atoms with van der Waals surface area (Å²) in [6.45, 7) is 3.08. The van der Waals surface area contributed by atoms with Gasteiger partial charge >= 0.3 is 0 Å². The maximum Gasteiger partial charge on any atom is 0.156 e. The van der Waals surface area contributed by atoms with E-state index in [9.17, 15) is 0 Å². The number of fused-ring (bicyclic) bond motifs is 1. The largest absolute Gasteiger partial charge is 0.491 e. The van der Waals surface area contributed by atoms with Gasteiger partial charge in [0, 0.05) is 17.6 Å². The smallest absolute Gasteiger partial charge is 0.156 e. The average molecular weight is 346 g/mol. The van der Waals surface area contributed by atoms with Gasteiger partial charge in [0.2, 0.25) is 0 Å². The minimum Gasteiger partial charge on any atom is -0.491 e. The second kappa shape index (κ2) is 7.12. The molecule has 3 aromatic carbocycles. The van der Waals surface area contributed by atoms with Gasteiger partial charge in [0.1, 0.15) is 0 Å². The summed E-state index contributed by atoms with van der Waals surface area (Å²) >= 11 is 12.5. The Morgan fingerprint density at radius 2 is 1.65 bits per heavy atom. The molecule has 0 aliphatic carbocycles. The van der Waals surface area contributed by atoms with Crippen LogP contribution in [0.3, 0.4) is 0 Å². The summed E-state index contributed by atoms with van der Waals surface area (Å²) in [6, 6.07) is 18.3. The number of halogens is 2. The van der Waals surface area contributed by atoms with Crippen molar-refractivity contribution in [1.29, 1.82) is 0 Å². The molecule has 0 amide bonds. The molecule has 0 saturated carbocycles. The zero-order valence-corrected chi connectivity index (χ0v) is 14.3. The minimum absolute atomic E-state index is 0.535. The number of nitrogens with one attached hydrogen (secondary N) is 1. The van der Waals surface area contributed by atoms with E-state index in [1.54, 1.807) is 0 Å². The van der Waals surface area contributed by atoms with Crippen LogP contribution in [0.1, 0.15) is 12.5 Å². The summed E-state index contributed by atoms with van der Waals surface area (Å²) in [6.07, 6.45) is 0. The topological polar surface area (TPSA) is 21.3 Å². The van der Waals surface area contributed by atoms with Gasteiger partial charge in [-0.15, -0.1) is 0 Å². The van der Waals surface area contributed by atoms with Crippen LogP contribution in [-0.2, 0) is 6.54 Å². The van der Waals surface area contributed by atoms with Gasteiger partial charge in [-0.25, -0.2) is 0 Å². The molecule has 1 N–H and O–H groups in total. The molecule has 0 saturated heterocycles. The molecular formula is C19H17Cl2NO. The van der Waals surface area contributed by atoms with Crippen LogP contribution in [-0.4, -0.2) is 6.61 Å². The van der Waals surface area contributed by atoms with E-state index in [0.29, 0.717) is 28.9 Å². The van der Waals surface area contributed by atoms with Crippen molar-refractivity contribution in [2.45, 2.75) is 13.5 Å². The van der Waals surface area contributed by atoms with E-state index in [-0.39, 0.29) is 0 Å². The Morgan fingerprint density at radius 1 is 0.957 bits per heavy atom. The first-order valence-electron chi connectivity index (χ1n) is 7.51. The molecule has 0 aliphatic heterocycles. The van der Waals surface area contributed by atoms with Crippen molar-refractivity contribution in [3.05, 3.63) is 70.2 Å². The van der Waals surface area contributed by atoms with Gasteiger partial charge in [-0.2, -0.15) is 0 Å². The zero-order chi connectivity index (χ0) is 16.2. The molecule has 0 bridgehead atoms. The number of hydrogen-bond donors (Lipinski definition) is 1. The maximum atomic E-state index is 6.25. The van der Waals surface area contributed by atoms with E-state index in [2.05, 4.69) is 29.6 Å². The minimum atomic E-state index is 0.535. The van der Waals surface area contributed by atoms with Gasteiger partial charge in [-0.05, 0) is 36.1 Å². The molecule has 118 valence electrons. The second-order valence-corrected chi connectivity index (χ2v) is 6.02. The molecule has 2 nitrogen and oxygen atoms in total. The van der Waals surface area contributed by atoms with Crippen LogP contribution in [0.15, 0.2) is 54.6 Å². The van der Waals surface area contributed by atoms with E-state index >= 15 is 0 Å². The summed E-state index contributed by atoms with van der Waals surface area (Å²) in [4.78, 5) is 0. The predicted molar refractivity (Wildman–Crippen MR) is 98.9 cm³/mol. The van der Waals surface area contributed by atoms with Crippen LogP contribution >= 0.6 is 23.2 Å². The SMILES string of the molecule is CCOc1c(Cl)cc(CNc2cccc3ccccc23)cc1Cl. The monoisotopic (exact) mass is 345 g/mol. The number of ether oxygens (including phenoxy) is 1. The number of rotatable bonds is 5. The third kappa shape index (κ3) is 3.54. The molecular weight excluding hydrogens is 329 g/mol. The third-order valence-corrected chi connectivity index (χ3v) is 4.18. The van der Waals surface area contributed by atoms with Crippen LogP contribution in [0.25, 0.3) is 10.8 Å². The van der Waals surface area contributed by atoms with Gasteiger partial charge in [0.15, 0.2) is 5.75 Å². The quantitative estimate of drug-likeness (QED) is 0.598. The molecule has 3 aromatic rings. The third-order valence-electron chi connectivity index (χ3n) is 3.62. The van der Waals surface area contributed by atoms with Crippen molar-refractivity contribution in [2.75, 3.05) is 11.9 Å². The van der Waals surface area contributed by atoms with Crippen LogP contribution in [0.2, 0.25) is 10.0 Å². The fourth-order valence-electron chi connectivity index (χ4n) is 2.57. The standard InChI is InChI=1S/C19H17Cl2NO/c1-2-23-19-16(20)10-13(11-17(19)21)12-22-18-9-5-7-14-6-3-4-8-15(14)18/h3-11,22H,2,12H2,1H3. The van der Waals surface area contributed by atoms with Crippen LogP contribution < -0.4 is 10.1 Å². The van der Waals surface area contributed by atoms with Crippen LogP contribution in [0.4, 0.5) is 5.69 Å². The van der Waals surface area contributed by atoms with Gasteiger partial charge in [0.05, 0.1) is 16.7 Å². The normalized spacial score (nSPS) is 10.7. The van der Waals surface area contributed by atoms with Crippen molar-refractivity contribution >= 4 is 39.7 Å². The summed E-state index contributed by atoms with van der Waals surface area (Å²) < 4.78 is 5.46. The maximum absolute atomic E-state index is 6.25. The van der Waals surface area contributed by atoms with E-state index < -0.39 is 0 Å². The fraction of sp³-hybridized carbons (Fsp3) is 0.158. The number of anilines is 1. The van der Waals surface area contributed by atoms with Crippen LogP contribution in [0, 0.1) is 0 Å². The highest BCUT2D eigenvalue weighted by atomic mass is 35.5. The molecule has 3 rings (SSSR count). The molecule has 0 radical (unpaired) electrons. The lowest BCUT2D eigenvalue weighted by Gasteiger charge is -2.13. The lowest BCUT2D eigenvalue weighted by molar-refractivity contribution is 0.340. The number of hydrogen-bond acceptors (Lipinski definition) is 2. The van der Waals surface area contributed by atoms with Crippen molar-refractivity contribution in [1.82, 2.24) is 0 Å². The highest BCUT2D eigenvalue weighted by Gasteiger charge is 2.09. The summed E-state index contributed by atoms with van der Waals surface area (Å²) in [7, 11) is 0. The first kappa shape index (κ1) is 16.0. The van der Waals surface area contributed by atoms with E-state index in [0.717, 1.165) is 11.3 Å². The first-order chi connectivity index (χ1) is 11.2. The van der Waals surface area contributed by atoms with Crippen molar-refractivity contribution in [3.8, 4) is 5.75 Å². The van der Waals surface area contributed by atoms with Gasteiger partial charge in [0.25, 0.3) is 0 Å². The van der Waals surface area contributed by atoms with Crippen molar-refractivity contribution in [2.24, 2.45) is 0 Å². The molecule has 0 atom stereocenters. The Bertz CT molecular complexity index is 804. The molecule has 0 fully saturated rings. The summed E-state index contributed by atoms with van der Waals surface area (Å²) in [5.74, 6) is 0.546. The molecule has 4 heteroatoms. The lowest BCUT2D eigenvalue weighted by Crippen LogP contribution is -2.01. The molecule has 0 unspecified atom stereocenters. The second-order valence-electron chi connectivity index (χ2n) is 5.20. The summed E-state index contributed by atoms with van der Waals surface area (Å²) in [5.41, 5.74) is 2.10. The Labute approximate surface area is 146 Å². The van der Waals surface area contributed by atoms with Gasteiger partial charge in [-0.1, -0.05) is 59.6 Å². The lowest BCUT2D eigenvalue weighted by atomic mass is 10.1. The number of benzene rings is 3. The Morgan fingerprint density at radius 3 is 2.39 bits per heavy atom. The highest BCUT2D eigenvalue weighted by Crippen LogP contribution is 2.34. The molecule has 0 spiro atoms. The molecule has 0 aliphatic rings. The van der Waals surface area contributed by atoms with E-state index in [1.807, 2.05) is 37.3 Å². The fourth-order valence-corrected chi connectivity index (χ4v) is 3.21. The zero-order valence-electron chi connectivity index (χ0n) is 12.8. The van der Waals surface area contributed by atoms with E-state index in [4.69, 9.17) is 27.9 Å². The van der Waals surface area contributed by atoms with Gasteiger partial charge in [-0.3, -0.25) is 0 Å². The Hall–Kier alpha value is -1.90. The van der Waals surface area contributed by atoms with Crippen LogP contribution in [0.5, 0.6) is 5.75 Å². The average Bonchev–Trinajstić information content (AvgIpc) is 2.56. The Kier molecular flexibility index (Phi) is 4.94. The molecule has 0 heterocycles. The van der Waals surface area contributed by atoms with Gasteiger partial charge < -0.3 is 10.1 Å². The molecule has 23 heavy (non-hydrogen) atoms. The predicted octanol–water partition coefficient (Wildman–Crippen LogP) is 6.16. The Balaban J connectivity index is 1.83. The van der Waals surface area contributed by atoms with Crippen molar-refractivity contribution < 1.29 is 4.74 Å². The molecule has 0 aromatic heterocycles. The van der Waals surface area contributed by atoms with Crippen molar-refractivity contribution in [3.63, 3.8) is 0 Å².